The molecule has 0 spiro atoms. The molecule has 1 aromatic carbocycles. The van der Waals surface area contributed by atoms with Crippen molar-refractivity contribution < 1.29 is 14.4 Å². The van der Waals surface area contributed by atoms with Crippen molar-refractivity contribution in [3.63, 3.8) is 0 Å². The van der Waals surface area contributed by atoms with Gasteiger partial charge in [0.2, 0.25) is 5.91 Å². The highest BCUT2D eigenvalue weighted by Crippen LogP contribution is 2.13. The minimum atomic E-state index is -0.536. The summed E-state index contributed by atoms with van der Waals surface area (Å²) in [5.74, 6) is -0.697. The average Bonchev–Trinajstić information content (AvgIpc) is 2.71. The van der Waals surface area contributed by atoms with Gasteiger partial charge in [0.15, 0.2) is 0 Å². The molecule has 5 nitrogen and oxygen atoms in total. The van der Waals surface area contributed by atoms with E-state index in [1.165, 1.54) is 6.92 Å². The highest BCUT2D eigenvalue weighted by molar-refractivity contribution is 6.08. The van der Waals surface area contributed by atoms with Gasteiger partial charge in [-0.3, -0.25) is 19.4 Å². The Morgan fingerprint density at radius 2 is 1.65 bits per heavy atom. The molecule has 5 heteroatoms. The van der Waals surface area contributed by atoms with Crippen molar-refractivity contribution >= 4 is 17.8 Å². The molecule has 0 aromatic heterocycles. The number of urea groups is 1. The number of amides is 4. The minimum Gasteiger partial charge on any atom is -0.275 e. The van der Waals surface area contributed by atoms with Gasteiger partial charge in [-0.2, -0.15) is 0 Å². The van der Waals surface area contributed by atoms with Crippen molar-refractivity contribution in [2.45, 2.75) is 6.92 Å². The third kappa shape index (κ3) is 2.04. The zero-order valence-corrected chi connectivity index (χ0v) is 9.42. The first-order chi connectivity index (χ1) is 8.11. The van der Waals surface area contributed by atoms with Gasteiger partial charge in [0.1, 0.15) is 0 Å². The van der Waals surface area contributed by atoms with Crippen LogP contribution in [0.25, 0.3) is 0 Å². The number of hydrogen-bond acceptors (Lipinski definition) is 3. The van der Waals surface area contributed by atoms with E-state index in [9.17, 15) is 14.4 Å². The molecular formula is C12H12N2O3. The molecule has 17 heavy (non-hydrogen) atoms. The molecule has 1 saturated heterocycles. The molecular weight excluding hydrogens is 220 g/mol. The zero-order valence-electron chi connectivity index (χ0n) is 9.42. The quantitative estimate of drug-likeness (QED) is 0.728. The van der Waals surface area contributed by atoms with Crippen molar-refractivity contribution in [1.29, 1.82) is 0 Å². The smallest absolute Gasteiger partial charge is 0.275 e. The predicted molar refractivity (Wildman–Crippen MR) is 60.3 cm³/mol. The van der Waals surface area contributed by atoms with Gasteiger partial charge >= 0.3 is 6.03 Å². The van der Waals surface area contributed by atoms with Crippen molar-refractivity contribution in [3.05, 3.63) is 35.9 Å². The van der Waals surface area contributed by atoms with Crippen LogP contribution in [0.4, 0.5) is 4.79 Å². The van der Waals surface area contributed by atoms with E-state index in [1.54, 1.807) is 30.3 Å². The number of benzene rings is 1. The number of imide groups is 2. The molecule has 1 heterocycles. The van der Waals surface area contributed by atoms with Gasteiger partial charge in [-0.05, 0) is 12.1 Å². The van der Waals surface area contributed by atoms with E-state index in [1.807, 2.05) is 0 Å². The number of carbonyl (C=O) groups excluding carboxylic acids is 3. The molecule has 1 fully saturated rings. The summed E-state index contributed by atoms with van der Waals surface area (Å²) in [4.78, 5) is 37.1. The topological polar surface area (TPSA) is 57.7 Å². The summed E-state index contributed by atoms with van der Waals surface area (Å²) >= 11 is 0. The zero-order chi connectivity index (χ0) is 12.4. The summed E-state index contributed by atoms with van der Waals surface area (Å²) in [6, 6.07) is 8.02. The van der Waals surface area contributed by atoms with E-state index >= 15 is 0 Å². The summed E-state index contributed by atoms with van der Waals surface area (Å²) in [6.07, 6.45) is 0. The first-order valence-electron chi connectivity index (χ1n) is 5.30. The van der Waals surface area contributed by atoms with Gasteiger partial charge in [-0.25, -0.2) is 4.79 Å². The van der Waals surface area contributed by atoms with E-state index in [2.05, 4.69) is 0 Å². The second-order valence-corrected chi connectivity index (χ2v) is 3.78. The van der Waals surface area contributed by atoms with Gasteiger partial charge < -0.3 is 0 Å². The molecule has 88 valence electrons. The minimum absolute atomic E-state index is 0.256. The van der Waals surface area contributed by atoms with Crippen molar-refractivity contribution in [3.8, 4) is 0 Å². The lowest BCUT2D eigenvalue weighted by Crippen LogP contribution is -2.38. The van der Waals surface area contributed by atoms with Gasteiger partial charge in [0, 0.05) is 25.6 Å². The number of hydrogen-bond donors (Lipinski definition) is 0. The number of nitrogens with zero attached hydrogens (tertiary/aromatic N) is 2. The van der Waals surface area contributed by atoms with E-state index in [4.69, 9.17) is 0 Å². The maximum Gasteiger partial charge on any atom is 0.333 e. The Morgan fingerprint density at radius 1 is 1.06 bits per heavy atom. The number of carbonyl (C=O) groups is 3. The Bertz CT molecular complexity index is 470. The first kappa shape index (κ1) is 11.3. The van der Waals surface area contributed by atoms with Crippen LogP contribution < -0.4 is 0 Å². The largest absolute Gasteiger partial charge is 0.333 e. The van der Waals surface area contributed by atoms with Crippen LogP contribution in [0.3, 0.4) is 0 Å². The van der Waals surface area contributed by atoms with Crippen LogP contribution in [-0.2, 0) is 4.79 Å². The molecule has 0 unspecified atom stereocenters. The third-order valence-corrected chi connectivity index (χ3v) is 2.66. The van der Waals surface area contributed by atoms with Gasteiger partial charge in [0.05, 0.1) is 0 Å². The van der Waals surface area contributed by atoms with Crippen LogP contribution in [0, 0.1) is 0 Å². The fourth-order valence-electron chi connectivity index (χ4n) is 1.75. The lowest BCUT2D eigenvalue weighted by atomic mass is 10.2. The van der Waals surface area contributed by atoms with Crippen molar-refractivity contribution in [1.82, 2.24) is 9.80 Å². The second kappa shape index (κ2) is 4.37. The Balaban J connectivity index is 2.18. The van der Waals surface area contributed by atoms with E-state index in [-0.39, 0.29) is 24.9 Å². The standard InChI is InChI=1S/C12H12N2O3/c1-9(15)13-7-8-14(12(13)17)11(16)10-5-3-2-4-6-10/h2-6H,7-8H2,1H3. The Labute approximate surface area is 98.6 Å². The summed E-state index contributed by atoms with van der Waals surface area (Å²) in [5, 5.41) is 0. The van der Waals surface area contributed by atoms with E-state index in [0.717, 1.165) is 9.80 Å². The second-order valence-electron chi connectivity index (χ2n) is 3.78. The van der Waals surface area contributed by atoms with Crippen LogP contribution >= 0.6 is 0 Å². The molecule has 0 atom stereocenters. The van der Waals surface area contributed by atoms with Gasteiger partial charge in [0.25, 0.3) is 5.91 Å². The molecule has 0 aliphatic carbocycles. The van der Waals surface area contributed by atoms with Crippen molar-refractivity contribution in [2.75, 3.05) is 13.1 Å². The third-order valence-electron chi connectivity index (χ3n) is 2.66. The van der Waals surface area contributed by atoms with E-state index in [0.29, 0.717) is 5.56 Å². The van der Waals surface area contributed by atoms with Crippen LogP contribution in [0.2, 0.25) is 0 Å². The van der Waals surface area contributed by atoms with Gasteiger partial charge in [-0.1, -0.05) is 18.2 Å². The predicted octanol–water partition coefficient (Wildman–Crippen LogP) is 1.11. The maximum atomic E-state index is 12.0. The Morgan fingerprint density at radius 3 is 2.18 bits per heavy atom. The molecule has 0 N–H and O–H groups in total. The molecule has 1 aliphatic rings. The highest BCUT2D eigenvalue weighted by Gasteiger charge is 2.35. The fraction of sp³-hybridized carbons (Fsp3) is 0.250. The SMILES string of the molecule is CC(=O)N1CCN(C(=O)c2ccccc2)C1=O. The normalized spacial score (nSPS) is 15.2. The average molecular weight is 232 g/mol. The van der Waals surface area contributed by atoms with Crippen molar-refractivity contribution in [2.24, 2.45) is 0 Å². The molecule has 2 rings (SSSR count). The van der Waals surface area contributed by atoms with E-state index < -0.39 is 6.03 Å². The fourth-order valence-corrected chi connectivity index (χ4v) is 1.75. The van der Waals surface area contributed by atoms with Crippen LogP contribution in [0.5, 0.6) is 0 Å². The molecule has 0 bridgehead atoms. The van der Waals surface area contributed by atoms with Crippen LogP contribution in [0.1, 0.15) is 17.3 Å². The highest BCUT2D eigenvalue weighted by atomic mass is 16.2. The number of rotatable bonds is 1. The summed E-state index contributed by atoms with van der Waals surface area (Å²) in [5.41, 5.74) is 0.450. The molecule has 1 aliphatic heterocycles. The maximum absolute atomic E-state index is 12.0. The lowest BCUT2D eigenvalue weighted by Gasteiger charge is -2.14. The lowest BCUT2D eigenvalue weighted by molar-refractivity contribution is -0.125. The van der Waals surface area contributed by atoms with Gasteiger partial charge in [-0.15, -0.1) is 0 Å². The summed E-state index contributed by atoms with van der Waals surface area (Å²) in [6.45, 7) is 1.84. The molecule has 1 aromatic rings. The van der Waals surface area contributed by atoms with Crippen LogP contribution in [0.15, 0.2) is 30.3 Å². The Kier molecular flexibility index (Phi) is 2.91. The first-order valence-corrected chi connectivity index (χ1v) is 5.30. The Hall–Kier alpha value is -2.17. The molecule has 0 saturated carbocycles. The summed E-state index contributed by atoms with van der Waals surface area (Å²) < 4.78 is 0. The molecule has 0 radical (unpaired) electrons. The monoisotopic (exact) mass is 232 g/mol. The van der Waals surface area contributed by atoms with Crippen LogP contribution in [-0.4, -0.2) is 40.7 Å². The molecule has 4 amide bonds. The summed E-state index contributed by atoms with van der Waals surface area (Å²) in [7, 11) is 0.